The molecule has 1 aliphatic rings. The lowest BCUT2D eigenvalue weighted by atomic mass is 10.2. The predicted octanol–water partition coefficient (Wildman–Crippen LogP) is 3.87. The third-order valence-corrected chi connectivity index (χ3v) is 9.64. The summed E-state index contributed by atoms with van der Waals surface area (Å²) in [6.07, 6.45) is 0.699. The number of amides is 1. The lowest BCUT2D eigenvalue weighted by Gasteiger charge is -2.33. The van der Waals surface area contributed by atoms with Gasteiger partial charge in [-0.05, 0) is 32.4 Å². The van der Waals surface area contributed by atoms with Gasteiger partial charge >= 0.3 is 0 Å². The fraction of sp³-hybridized carbons (Fsp3) is 0.364. The quantitative estimate of drug-likeness (QED) is 0.562. The van der Waals surface area contributed by atoms with Crippen molar-refractivity contribution in [1.82, 2.24) is 14.2 Å². The number of hydrogen-bond acceptors (Lipinski definition) is 6. The predicted molar refractivity (Wildman–Crippen MR) is 125 cm³/mol. The summed E-state index contributed by atoms with van der Waals surface area (Å²) in [7, 11) is -3.53. The maximum atomic E-state index is 13.1. The third kappa shape index (κ3) is 4.59. The van der Waals surface area contributed by atoms with Crippen molar-refractivity contribution in [2.75, 3.05) is 26.2 Å². The van der Waals surface area contributed by atoms with Crippen molar-refractivity contribution in [3.63, 3.8) is 0 Å². The van der Waals surface area contributed by atoms with Gasteiger partial charge < -0.3 is 4.90 Å². The highest BCUT2D eigenvalue weighted by Gasteiger charge is 2.33. The van der Waals surface area contributed by atoms with Crippen molar-refractivity contribution in [3.05, 3.63) is 67.3 Å². The van der Waals surface area contributed by atoms with Gasteiger partial charge in [0, 0.05) is 42.4 Å². The molecule has 1 aromatic carbocycles. The normalized spacial score (nSPS) is 15.4. The van der Waals surface area contributed by atoms with Gasteiger partial charge in [-0.1, -0.05) is 30.3 Å². The van der Waals surface area contributed by atoms with Crippen molar-refractivity contribution in [2.45, 2.75) is 32.1 Å². The van der Waals surface area contributed by atoms with E-state index in [0.29, 0.717) is 42.4 Å². The van der Waals surface area contributed by atoms with Crippen molar-refractivity contribution < 1.29 is 13.2 Å². The molecule has 31 heavy (non-hydrogen) atoms. The zero-order chi connectivity index (χ0) is 22.2. The average molecular weight is 476 g/mol. The van der Waals surface area contributed by atoms with Crippen LogP contribution in [0.4, 0.5) is 0 Å². The van der Waals surface area contributed by atoms with Crippen molar-refractivity contribution in [2.24, 2.45) is 0 Å². The second kappa shape index (κ2) is 8.82. The number of aryl methyl sites for hydroxylation is 3. The molecular weight excluding hydrogens is 450 g/mol. The summed E-state index contributed by atoms with van der Waals surface area (Å²) in [5, 5.41) is 0.913. The highest BCUT2D eigenvalue weighted by atomic mass is 32.2. The molecule has 1 amide bonds. The topological polar surface area (TPSA) is 70.6 Å². The number of thiophene rings is 1. The first kappa shape index (κ1) is 22.1. The summed E-state index contributed by atoms with van der Waals surface area (Å²) >= 11 is 2.92. The van der Waals surface area contributed by atoms with Crippen LogP contribution in [-0.4, -0.2) is 54.7 Å². The zero-order valence-electron chi connectivity index (χ0n) is 17.8. The molecule has 0 N–H and O–H groups in total. The number of nitrogens with zero attached hydrogens (tertiary/aromatic N) is 3. The Labute approximate surface area is 191 Å². The minimum atomic E-state index is -3.53. The highest BCUT2D eigenvalue weighted by Crippen LogP contribution is 2.29. The lowest BCUT2D eigenvalue weighted by Crippen LogP contribution is -2.50. The smallest absolute Gasteiger partial charge is 0.265 e. The number of thiazole rings is 1. The summed E-state index contributed by atoms with van der Waals surface area (Å²) in [5.74, 6) is -0.0612. The van der Waals surface area contributed by atoms with Crippen LogP contribution in [0.15, 0.2) is 41.3 Å². The molecule has 0 radical (unpaired) electrons. The number of carbonyl (C=O) groups is 1. The van der Waals surface area contributed by atoms with Gasteiger partial charge in [0.05, 0.1) is 15.6 Å². The van der Waals surface area contributed by atoms with Gasteiger partial charge in [0.15, 0.2) is 0 Å². The van der Waals surface area contributed by atoms with Crippen LogP contribution >= 0.6 is 22.7 Å². The minimum Gasteiger partial charge on any atom is -0.335 e. The lowest BCUT2D eigenvalue weighted by molar-refractivity contribution is 0.0702. The molecule has 0 unspecified atom stereocenters. The van der Waals surface area contributed by atoms with Crippen molar-refractivity contribution in [3.8, 4) is 0 Å². The summed E-state index contributed by atoms with van der Waals surface area (Å²) in [4.78, 5) is 22.3. The molecule has 0 bridgehead atoms. The van der Waals surface area contributed by atoms with E-state index in [-0.39, 0.29) is 5.91 Å². The van der Waals surface area contributed by atoms with Gasteiger partial charge in [-0.2, -0.15) is 4.31 Å². The summed E-state index contributed by atoms with van der Waals surface area (Å²) in [6, 6.07) is 11.8. The molecule has 2 aromatic heterocycles. The van der Waals surface area contributed by atoms with E-state index in [9.17, 15) is 13.2 Å². The SMILES string of the molecule is Cc1cc(S(=O)(=O)N2CCN(C(=O)c3sc(Cc4ccccc4)nc3C)CC2)c(C)s1. The molecule has 9 heteroatoms. The van der Waals surface area contributed by atoms with Gasteiger partial charge in [0.25, 0.3) is 5.91 Å². The van der Waals surface area contributed by atoms with Crippen LogP contribution in [0.2, 0.25) is 0 Å². The molecule has 1 saturated heterocycles. The van der Waals surface area contributed by atoms with E-state index in [1.54, 1.807) is 11.0 Å². The fourth-order valence-corrected chi connectivity index (χ4v) is 7.79. The van der Waals surface area contributed by atoms with Gasteiger partial charge in [-0.25, -0.2) is 13.4 Å². The van der Waals surface area contributed by atoms with Crippen LogP contribution in [-0.2, 0) is 16.4 Å². The van der Waals surface area contributed by atoms with Crippen LogP contribution in [0.5, 0.6) is 0 Å². The molecule has 4 rings (SSSR count). The number of carbonyl (C=O) groups excluding carboxylic acids is 1. The molecule has 3 heterocycles. The molecule has 1 fully saturated rings. The Morgan fingerprint density at radius 1 is 1.03 bits per heavy atom. The first-order valence-electron chi connectivity index (χ1n) is 10.1. The number of benzene rings is 1. The fourth-order valence-electron chi connectivity index (χ4n) is 3.77. The summed E-state index contributed by atoms with van der Waals surface area (Å²) in [5.41, 5.74) is 1.90. The Morgan fingerprint density at radius 2 is 1.71 bits per heavy atom. The summed E-state index contributed by atoms with van der Waals surface area (Å²) < 4.78 is 27.5. The van der Waals surface area contributed by atoms with Gasteiger partial charge in [-0.3, -0.25) is 4.79 Å². The number of hydrogen-bond donors (Lipinski definition) is 0. The molecule has 6 nitrogen and oxygen atoms in total. The van der Waals surface area contributed by atoms with Gasteiger partial charge in [0.2, 0.25) is 10.0 Å². The standard InChI is InChI=1S/C22H25N3O3S3/c1-15-13-19(17(3)29-15)31(27,28)25-11-9-24(10-12-25)22(26)21-16(2)23-20(30-21)14-18-7-5-4-6-8-18/h4-8,13H,9-12,14H2,1-3H3. The Morgan fingerprint density at radius 3 is 2.32 bits per heavy atom. The van der Waals surface area contributed by atoms with E-state index < -0.39 is 10.0 Å². The van der Waals surface area contributed by atoms with E-state index >= 15 is 0 Å². The van der Waals surface area contributed by atoms with Crippen molar-refractivity contribution in [1.29, 1.82) is 0 Å². The molecule has 1 aliphatic heterocycles. The molecular formula is C22H25N3O3S3. The Kier molecular flexibility index (Phi) is 6.30. The molecule has 164 valence electrons. The van der Waals surface area contributed by atoms with Crippen LogP contribution in [0.25, 0.3) is 0 Å². The van der Waals surface area contributed by atoms with E-state index in [4.69, 9.17) is 0 Å². The summed E-state index contributed by atoms with van der Waals surface area (Å²) in [6.45, 7) is 6.98. The van der Waals surface area contributed by atoms with Crippen LogP contribution in [0.3, 0.4) is 0 Å². The maximum Gasteiger partial charge on any atom is 0.265 e. The Balaban J connectivity index is 1.43. The van der Waals surface area contributed by atoms with Crippen LogP contribution in [0, 0.1) is 20.8 Å². The third-order valence-electron chi connectivity index (χ3n) is 5.37. The monoisotopic (exact) mass is 475 g/mol. The zero-order valence-corrected chi connectivity index (χ0v) is 20.2. The average Bonchev–Trinajstić information content (AvgIpc) is 3.29. The van der Waals surface area contributed by atoms with E-state index in [0.717, 1.165) is 26.0 Å². The van der Waals surface area contributed by atoms with E-state index in [1.165, 1.54) is 27.0 Å². The van der Waals surface area contributed by atoms with E-state index in [1.807, 2.05) is 39.0 Å². The maximum absolute atomic E-state index is 13.1. The molecule has 0 saturated carbocycles. The highest BCUT2D eigenvalue weighted by molar-refractivity contribution is 7.89. The van der Waals surface area contributed by atoms with Crippen molar-refractivity contribution >= 4 is 38.6 Å². The van der Waals surface area contributed by atoms with Crippen LogP contribution in [0.1, 0.15) is 35.7 Å². The van der Waals surface area contributed by atoms with E-state index in [2.05, 4.69) is 17.1 Å². The second-order valence-corrected chi connectivity index (χ2v) is 12.1. The Hall–Kier alpha value is -2.07. The second-order valence-electron chi connectivity index (χ2n) is 7.66. The molecule has 3 aromatic rings. The molecule has 0 spiro atoms. The number of aromatic nitrogens is 1. The first-order chi connectivity index (χ1) is 14.8. The first-order valence-corrected chi connectivity index (χ1v) is 13.2. The number of sulfonamides is 1. The van der Waals surface area contributed by atoms with Gasteiger partial charge in [0.1, 0.15) is 4.88 Å². The van der Waals surface area contributed by atoms with Gasteiger partial charge in [-0.15, -0.1) is 22.7 Å². The van der Waals surface area contributed by atoms with Crippen LogP contribution < -0.4 is 0 Å². The molecule has 0 aliphatic carbocycles. The largest absolute Gasteiger partial charge is 0.335 e. The Bertz CT molecular complexity index is 1190. The minimum absolute atomic E-state index is 0.0612. The molecule has 0 atom stereocenters. The number of piperazine rings is 1. The number of rotatable bonds is 5.